The van der Waals surface area contributed by atoms with Crippen molar-refractivity contribution >= 4 is 28.7 Å². The van der Waals surface area contributed by atoms with E-state index in [0.29, 0.717) is 72.1 Å². The summed E-state index contributed by atoms with van der Waals surface area (Å²) in [5.74, 6) is -0.440. The van der Waals surface area contributed by atoms with Gasteiger partial charge in [0.2, 0.25) is 0 Å². The maximum absolute atomic E-state index is 13.7. The Morgan fingerprint density at radius 2 is 1.63 bits per heavy atom. The van der Waals surface area contributed by atoms with Gasteiger partial charge in [0.15, 0.2) is 11.4 Å². The summed E-state index contributed by atoms with van der Waals surface area (Å²) < 4.78 is 14.2. The average molecular weight is 814 g/mol. The van der Waals surface area contributed by atoms with Crippen molar-refractivity contribution in [2.45, 2.75) is 65.2 Å². The number of aliphatic hydroxyl groups is 1. The lowest BCUT2D eigenvalue weighted by Crippen LogP contribution is -2.49. The van der Waals surface area contributed by atoms with Crippen LogP contribution in [-0.2, 0) is 34.7 Å². The largest absolute Gasteiger partial charge is 0.508 e. The number of cyclic esters (lactones) is 1. The molecule has 0 radical (unpaired) electrons. The zero-order valence-electron chi connectivity index (χ0n) is 33.5. The van der Waals surface area contributed by atoms with Gasteiger partial charge in [-0.1, -0.05) is 32.8 Å². The molecule has 6 heterocycles. The Kier molecular flexibility index (Phi) is 9.26. The van der Waals surface area contributed by atoms with Crippen LogP contribution in [-0.4, -0.2) is 87.9 Å². The number of anilines is 1. The SMILES string of the molecule is CCc1c2c(nc3ccc(OC(=O)N4CCN(c5ccc(-n6c(O)nnc6-c6cc(C(C)C)c(O)cc6O)cc5)CC4)cc13)-c1cc3c(c(=O)n1C2)COC(=O)C3(O)CC. The second-order valence-electron chi connectivity index (χ2n) is 15.7. The first-order valence-corrected chi connectivity index (χ1v) is 20.0. The Morgan fingerprint density at radius 1 is 0.900 bits per heavy atom. The molecular weight excluding hydrogens is 771 g/mol. The number of phenolic OH excluding ortho intramolecular Hbond substituents is 2. The molecule has 1 amide bonds. The zero-order valence-corrected chi connectivity index (χ0v) is 33.5. The lowest BCUT2D eigenvalue weighted by Gasteiger charge is -2.35. The van der Waals surface area contributed by atoms with Crippen LogP contribution in [0.3, 0.4) is 0 Å². The summed E-state index contributed by atoms with van der Waals surface area (Å²) in [5.41, 5.74) is 4.32. The van der Waals surface area contributed by atoms with Crippen LogP contribution in [0, 0.1) is 0 Å². The van der Waals surface area contributed by atoms with Crippen LogP contribution in [0.15, 0.2) is 65.5 Å². The topological polar surface area (TPSA) is 206 Å². The number of amides is 1. The molecule has 1 fully saturated rings. The molecular formula is C44H43N7O9. The van der Waals surface area contributed by atoms with Gasteiger partial charge >= 0.3 is 18.1 Å². The van der Waals surface area contributed by atoms with Gasteiger partial charge in [0, 0.05) is 54.4 Å². The van der Waals surface area contributed by atoms with Gasteiger partial charge in [-0.3, -0.25) is 4.79 Å². The van der Waals surface area contributed by atoms with Crippen molar-refractivity contribution in [2.24, 2.45) is 0 Å². The molecule has 1 saturated heterocycles. The highest BCUT2D eigenvalue weighted by Gasteiger charge is 2.45. The summed E-state index contributed by atoms with van der Waals surface area (Å²) >= 11 is 0. The maximum atomic E-state index is 13.7. The normalized spacial score (nSPS) is 17.1. The van der Waals surface area contributed by atoms with Crippen molar-refractivity contribution in [3.05, 3.63) is 98.8 Å². The van der Waals surface area contributed by atoms with E-state index in [4.69, 9.17) is 14.5 Å². The van der Waals surface area contributed by atoms with Gasteiger partial charge in [-0.2, -0.15) is 0 Å². The van der Waals surface area contributed by atoms with E-state index >= 15 is 0 Å². The third kappa shape index (κ3) is 6.08. The molecule has 6 aromatic rings. The summed E-state index contributed by atoms with van der Waals surface area (Å²) in [7, 11) is 0. The predicted molar refractivity (Wildman–Crippen MR) is 220 cm³/mol. The molecule has 60 heavy (non-hydrogen) atoms. The van der Waals surface area contributed by atoms with Crippen molar-refractivity contribution in [1.29, 1.82) is 0 Å². The summed E-state index contributed by atoms with van der Waals surface area (Å²) in [5, 5.41) is 51.7. The first-order chi connectivity index (χ1) is 28.8. The number of rotatable bonds is 7. The van der Waals surface area contributed by atoms with Gasteiger partial charge in [0.05, 0.1) is 40.3 Å². The number of pyridine rings is 2. The maximum Gasteiger partial charge on any atom is 0.415 e. The molecule has 3 aromatic heterocycles. The van der Waals surface area contributed by atoms with Crippen LogP contribution in [0.5, 0.6) is 23.3 Å². The zero-order chi connectivity index (χ0) is 42.2. The van der Waals surface area contributed by atoms with E-state index in [1.807, 2.05) is 51.1 Å². The monoisotopic (exact) mass is 813 g/mol. The number of piperazine rings is 1. The van der Waals surface area contributed by atoms with Gasteiger partial charge in [-0.05, 0) is 84.5 Å². The standard InChI is InChI=1S/C44H43N7O9/c1-5-27-29-17-26(11-12-34(29)45-38-31(27)21-50-35(38)19-33-32(40(50)54)22-59-41(55)44(33,58)6-2)60-43(57)49-15-13-48(14-16-49)24-7-9-25(10-8-24)51-39(46-47-42(51)56)30-18-28(23(3)4)36(52)20-37(30)53/h7-12,17-20,23,52-53,58H,5-6,13-16,21-22H2,1-4H3,(H,47,56). The number of aromatic nitrogens is 5. The Labute approximate surface area is 343 Å². The molecule has 0 bridgehead atoms. The van der Waals surface area contributed by atoms with Gasteiger partial charge in [-0.25, -0.2) is 19.1 Å². The number of hydrogen-bond acceptors (Lipinski definition) is 13. The molecule has 4 N–H and O–H groups in total. The molecule has 0 spiro atoms. The molecule has 0 saturated carbocycles. The van der Waals surface area contributed by atoms with Crippen LogP contribution in [0.25, 0.3) is 39.4 Å². The van der Waals surface area contributed by atoms with E-state index in [1.165, 1.54) is 10.6 Å². The third-order valence-corrected chi connectivity index (χ3v) is 12.0. The Morgan fingerprint density at radius 3 is 2.33 bits per heavy atom. The Bertz CT molecular complexity index is 2810. The van der Waals surface area contributed by atoms with E-state index < -0.39 is 17.7 Å². The van der Waals surface area contributed by atoms with E-state index in [9.17, 15) is 34.8 Å². The van der Waals surface area contributed by atoms with Crippen molar-refractivity contribution in [1.82, 2.24) is 29.2 Å². The molecule has 0 aliphatic carbocycles. The van der Waals surface area contributed by atoms with Crippen LogP contribution < -0.4 is 15.2 Å². The van der Waals surface area contributed by atoms with E-state index in [2.05, 4.69) is 15.1 Å². The number of phenols is 2. The molecule has 3 aliphatic rings. The quantitative estimate of drug-likeness (QED) is 0.148. The van der Waals surface area contributed by atoms with E-state index in [0.717, 1.165) is 22.2 Å². The van der Waals surface area contributed by atoms with Crippen molar-refractivity contribution in [3.63, 3.8) is 0 Å². The Hall–Kier alpha value is -6.94. The predicted octanol–water partition coefficient (Wildman–Crippen LogP) is 5.45. The average Bonchev–Trinajstić information content (AvgIpc) is 3.81. The number of benzene rings is 3. The van der Waals surface area contributed by atoms with Crippen LogP contribution >= 0.6 is 0 Å². The number of carbonyl (C=O) groups excluding carboxylic acids is 2. The molecule has 16 nitrogen and oxygen atoms in total. The van der Waals surface area contributed by atoms with Crippen molar-refractivity contribution in [3.8, 4) is 51.7 Å². The number of esters is 1. The van der Waals surface area contributed by atoms with Crippen LogP contribution in [0.1, 0.15) is 67.9 Å². The number of carbonyl (C=O) groups is 2. The highest BCUT2D eigenvalue weighted by Crippen LogP contribution is 2.42. The fourth-order valence-corrected chi connectivity index (χ4v) is 8.66. The highest BCUT2D eigenvalue weighted by atomic mass is 16.6. The first-order valence-electron chi connectivity index (χ1n) is 20.0. The molecule has 1 unspecified atom stereocenters. The summed E-state index contributed by atoms with van der Waals surface area (Å²) in [6, 6.07) is 17.0. The molecule has 3 aromatic carbocycles. The molecule has 1 atom stereocenters. The molecule has 308 valence electrons. The number of aromatic hydroxyl groups is 3. The highest BCUT2D eigenvalue weighted by molar-refractivity contribution is 5.90. The third-order valence-electron chi connectivity index (χ3n) is 12.0. The first kappa shape index (κ1) is 38.6. The van der Waals surface area contributed by atoms with E-state index in [-0.39, 0.29) is 65.5 Å². The molecule has 3 aliphatic heterocycles. The molecule has 16 heteroatoms. The smallest absolute Gasteiger partial charge is 0.415 e. The second-order valence-corrected chi connectivity index (χ2v) is 15.7. The van der Waals surface area contributed by atoms with Gasteiger partial charge in [0.25, 0.3) is 5.56 Å². The van der Waals surface area contributed by atoms with Crippen molar-refractivity contribution < 1.29 is 39.5 Å². The number of ether oxygens (including phenoxy) is 2. The fourth-order valence-electron chi connectivity index (χ4n) is 8.66. The lowest BCUT2D eigenvalue weighted by molar-refractivity contribution is -0.172. The van der Waals surface area contributed by atoms with Crippen molar-refractivity contribution in [2.75, 3.05) is 31.1 Å². The summed E-state index contributed by atoms with van der Waals surface area (Å²) in [6.07, 6.45) is 0.199. The van der Waals surface area contributed by atoms with Crippen LogP contribution in [0.2, 0.25) is 0 Å². The number of nitrogens with zero attached hydrogens (tertiary/aromatic N) is 7. The second kappa shape index (κ2) is 14.4. The van der Waals surface area contributed by atoms with Crippen LogP contribution in [0.4, 0.5) is 10.5 Å². The number of fused-ring (bicyclic) bond motifs is 5. The lowest BCUT2D eigenvalue weighted by atomic mass is 9.86. The number of hydrogen-bond donors (Lipinski definition) is 4. The van der Waals surface area contributed by atoms with Gasteiger partial charge < -0.3 is 44.3 Å². The summed E-state index contributed by atoms with van der Waals surface area (Å²) in [4.78, 5) is 48.5. The van der Waals surface area contributed by atoms with Gasteiger partial charge in [0.1, 0.15) is 23.9 Å². The minimum absolute atomic E-state index is 0.0252. The van der Waals surface area contributed by atoms with Gasteiger partial charge in [-0.15, -0.1) is 5.10 Å². The Balaban J connectivity index is 0.897. The molecule has 9 rings (SSSR count). The minimum atomic E-state index is -1.91. The number of aryl methyl sites for hydroxylation is 1. The summed E-state index contributed by atoms with van der Waals surface area (Å²) in [6.45, 7) is 9.52. The minimum Gasteiger partial charge on any atom is -0.508 e. The fraction of sp³-hybridized carbons (Fsp3) is 0.318. The van der Waals surface area contributed by atoms with E-state index in [1.54, 1.807) is 40.7 Å².